The Bertz CT molecular complexity index is 501. The van der Waals surface area contributed by atoms with Crippen molar-refractivity contribution >= 4 is 58.5 Å². The molecule has 0 fully saturated rings. The first kappa shape index (κ1) is 18.2. The van der Waals surface area contributed by atoms with Crippen molar-refractivity contribution in [3.63, 3.8) is 0 Å². The molecule has 9 heteroatoms. The standard InChI is InChI=1S/C12H11Cl4NO4/c1-7(8-2-4-9(13)5-3-8)10(18)21-17-11(19)20-6-12(14,15)16/h2-5,7H,6H2,1H3,(H,17,19). The summed E-state index contributed by atoms with van der Waals surface area (Å²) in [5, 5.41) is 0.549. The molecule has 1 atom stereocenters. The smallest absolute Gasteiger partial charge is 0.440 e. The third-order valence-corrected chi connectivity index (χ3v) is 2.90. The summed E-state index contributed by atoms with van der Waals surface area (Å²) in [6.07, 6.45) is -1.04. The van der Waals surface area contributed by atoms with Crippen molar-refractivity contribution < 1.29 is 19.2 Å². The van der Waals surface area contributed by atoms with Gasteiger partial charge in [-0.15, -0.1) is 5.48 Å². The number of amides is 1. The molecule has 1 N–H and O–H groups in total. The topological polar surface area (TPSA) is 64.6 Å². The average Bonchev–Trinajstić information content (AvgIpc) is 2.41. The molecule has 0 aromatic heterocycles. The van der Waals surface area contributed by atoms with Crippen molar-refractivity contribution in [2.75, 3.05) is 6.61 Å². The Morgan fingerprint density at radius 3 is 2.33 bits per heavy atom. The van der Waals surface area contributed by atoms with E-state index in [0.717, 1.165) is 0 Å². The van der Waals surface area contributed by atoms with E-state index >= 15 is 0 Å². The lowest BCUT2D eigenvalue weighted by Gasteiger charge is -2.13. The molecule has 0 aliphatic heterocycles. The summed E-state index contributed by atoms with van der Waals surface area (Å²) in [4.78, 5) is 27.5. The number of hydroxylamine groups is 1. The molecule has 0 heterocycles. The minimum atomic E-state index is -1.74. The summed E-state index contributed by atoms with van der Waals surface area (Å²) in [6, 6.07) is 6.64. The maximum atomic E-state index is 11.7. The van der Waals surface area contributed by atoms with Crippen LogP contribution < -0.4 is 5.48 Å². The van der Waals surface area contributed by atoms with Gasteiger partial charge in [0, 0.05) is 5.02 Å². The molecule has 0 saturated heterocycles. The van der Waals surface area contributed by atoms with E-state index in [-0.39, 0.29) is 0 Å². The molecule has 0 saturated carbocycles. The molecule has 5 nitrogen and oxygen atoms in total. The second-order valence-corrected chi connectivity index (χ2v) is 6.94. The van der Waals surface area contributed by atoms with Crippen LogP contribution in [0.5, 0.6) is 0 Å². The van der Waals surface area contributed by atoms with Crippen LogP contribution in [0.1, 0.15) is 18.4 Å². The second kappa shape index (κ2) is 7.94. The fraction of sp³-hybridized carbons (Fsp3) is 0.333. The van der Waals surface area contributed by atoms with Gasteiger partial charge in [0.25, 0.3) is 0 Å². The Balaban J connectivity index is 2.43. The number of ether oxygens (including phenoxy) is 1. The number of carbonyl (C=O) groups excluding carboxylic acids is 2. The maximum Gasteiger partial charge on any atom is 0.440 e. The fourth-order valence-electron chi connectivity index (χ4n) is 1.24. The van der Waals surface area contributed by atoms with Gasteiger partial charge in [0.2, 0.25) is 3.79 Å². The molecule has 1 unspecified atom stereocenters. The molecule has 0 radical (unpaired) electrons. The number of benzene rings is 1. The van der Waals surface area contributed by atoms with Gasteiger partial charge in [-0.3, -0.25) is 0 Å². The lowest BCUT2D eigenvalue weighted by atomic mass is 10.0. The zero-order valence-electron chi connectivity index (χ0n) is 10.7. The van der Waals surface area contributed by atoms with Gasteiger partial charge in [-0.1, -0.05) is 58.5 Å². The average molecular weight is 375 g/mol. The van der Waals surface area contributed by atoms with Gasteiger partial charge in [-0.2, -0.15) is 0 Å². The lowest BCUT2D eigenvalue weighted by Crippen LogP contribution is -2.31. The number of hydrogen-bond donors (Lipinski definition) is 1. The van der Waals surface area contributed by atoms with Crippen LogP contribution in [0, 0.1) is 0 Å². The van der Waals surface area contributed by atoms with Crippen LogP contribution in [0.2, 0.25) is 5.02 Å². The third kappa shape index (κ3) is 7.09. The monoisotopic (exact) mass is 373 g/mol. The third-order valence-electron chi connectivity index (χ3n) is 2.33. The van der Waals surface area contributed by atoms with Gasteiger partial charge in [0.05, 0.1) is 5.92 Å². The van der Waals surface area contributed by atoms with Gasteiger partial charge in [-0.25, -0.2) is 9.59 Å². The highest BCUT2D eigenvalue weighted by molar-refractivity contribution is 6.67. The molecule has 1 amide bonds. The first-order chi connectivity index (χ1) is 9.69. The predicted octanol–water partition coefficient (Wildman–Crippen LogP) is 4.00. The Hall–Kier alpha value is -0.880. The van der Waals surface area contributed by atoms with Crippen molar-refractivity contribution in [3.8, 4) is 0 Å². The van der Waals surface area contributed by atoms with E-state index in [4.69, 9.17) is 46.4 Å². The molecule has 0 spiro atoms. The number of hydrogen-bond acceptors (Lipinski definition) is 4. The summed E-state index contributed by atoms with van der Waals surface area (Å²) in [6.45, 7) is 1.13. The van der Waals surface area contributed by atoms with Crippen LogP contribution in [0.4, 0.5) is 4.79 Å². The van der Waals surface area contributed by atoms with E-state index in [9.17, 15) is 9.59 Å². The van der Waals surface area contributed by atoms with Crippen LogP contribution in [0.25, 0.3) is 0 Å². The van der Waals surface area contributed by atoms with E-state index in [0.29, 0.717) is 10.6 Å². The van der Waals surface area contributed by atoms with Gasteiger partial charge < -0.3 is 9.57 Å². The Morgan fingerprint density at radius 2 is 1.81 bits per heavy atom. The number of nitrogens with one attached hydrogen (secondary N) is 1. The summed E-state index contributed by atoms with van der Waals surface area (Å²) >= 11 is 21.9. The van der Waals surface area contributed by atoms with Gasteiger partial charge in [0.1, 0.15) is 6.61 Å². The zero-order valence-corrected chi connectivity index (χ0v) is 13.8. The summed E-state index contributed by atoms with van der Waals surface area (Å²) in [5.41, 5.74) is 2.49. The zero-order chi connectivity index (χ0) is 16.0. The van der Waals surface area contributed by atoms with Crippen LogP contribution in [0.15, 0.2) is 24.3 Å². The molecule has 116 valence electrons. The van der Waals surface area contributed by atoms with Crippen LogP contribution in [-0.4, -0.2) is 22.5 Å². The Morgan fingerprint density at radius 1 is 1.24 bits per heavy atom. The van der Waals surface area contributed by atoms with E-state index in [1.165, 1.54) is 0 Å². The van der Waals surface area contributed by atoms with Gasteiger partial charge >= 0.3 is 12.1 Å². The van der Waals surface area contributed by atoms with Crippen molar-refractivity contribution in [2.45, 2.75) is 16.6 Å². The largest absolute Gasteiger partial charge is 0.443 e. The lowest BCUT2D eigenvalue weighted by molar-refractivity contribution is -0.151. The quantitative estimate of drug-likeness (QED) is 0.641. The molecule has 1 aromatic rings. The van der Waals surface area contributed by atoms with Crippen LogP contribution >= 0.6 is 46.4 Å². The van der Waals surface area contributed by atoms with Crippen molar-refractivity contribution in [2.24, 2.45) is 0 Å². The van der Waals surface area contributed by atoms with Crippen LogP contribution in [-0.2, 0) is 14.4 Å². The van der Waals surface area contributed by atoms with Gasteiger partial charge in [-0.05, 0) is 24.6 Å². The number of rotatable bonds is 3. The molecule has 0 aliphatic carbocycles. The SMILES string of the molecule is CC(C(=O)ONC(=O)OCC(Cl)(Cl)Cl)c1ccc(Cl)cc1. The van der Waals surface area contributed by atoms with E-state index in [1.807, 2.05) is 0 Å². The number of carbonyl (C=O) groups is 2. The Kier molecular flexibility index (Phi) is 6.87. The summed E-state index contributed by atoms with van der Waals surface area (Å²) in [5.74, 6) is -1.28. The van der Waals surface area contributed by atoms with Gasteiger partial charge in [0.15, 0.2) is 0 Å². The highest BCUT2D eigenvalue weighted by Crippen LogP contribution is 2.25. The number of alkyl halides is 3. The second-order valence-electron chi connectivity index (χ2n) is 3.99. The van der Waals surface area contributed by atoms with E-state index in [1.54, 1.807) is 36.7 Å². The first-order valence-corrected chi connectivity index (χ1v) is 7.16. The fourth-order valence-corrected chi connectivity index (χ4v) is 1.53. The molecule has 21 heavy (non-hydrogen) atoms. The molecule has 1 rings (SSSR count). The predicted molar refractivity (Wildman–Crippen MR) is 80.7 cm³/mol. The van der Waals surface area contributed by atoms with Crippen molar-refractivity contribution in [1.29, 1.82) is 0 Å². The Labute approximate surface area is 141 Å². The number of halogens is 4. The maximum absolute atomic E-state index is 11.7. The molecule has 0 aliphatic rings. The molecular formula is C12H11Cl4NO4. The highest BCUT2D eigenvalue weighted by Gasteiger charge is 2.23. The summed E-state index contributed by atoms with van der Waals surface area (Å²) < 4.78 is 2.78. The molecule has 1 aromatic carbocycles. The summed E-state index contributed by atoms with van der Waals surface area (Å²) in [7, 11) is 0. The van der Waals surface area contributed by atoms with E-state index in [2.05, 4.69) is 9.57 Å². The first-order valence-electron chi connectivity index (χ1n) is 5.64. The normalized spacial score (nSPS) is 12.4. The highest BCUT2D eigenvalue weighted by atomic mass is 35.6. The van der Waals surface area contributed by atoms with Crippen molar-refractivity contribution in [1.82, 2.24) is 5.48 Å². The minimum Gasteiger partial charge on any atom is -0.443 e. The minimum absolute atomic E-state index is 0.478. The van der Waals surface area contributed by atoms with Crippen molar-refractivity contribution in [3.05, 3.63) is 34.9 Å². The van der Waals surface area contributed by atoms with E-state index < -0.39 is 28.4 Å². The molecular weight excluding hydrogens is 364 g/mol. The molecule has 0 bridgehead atoms. The van der Waals surface area contributed by atoms with Crippen LogP contribution in [0.3, 0.4) is 0 Å².